The Hall–Kier alpha value is -1.88. The van der Waals surface area contributed by atoms with Crippen LogP contribution in [0.2, 0.25) is 0 Å². The first-order valence-corrected chi connectivity index (χ1v) is 15.8. The van der Waals surface area contributed by atoms with E-state index in [4.69, 9.17) is 18.9 Å². The fraction of sp³-hybridized carbons (Fsp3) is 0.871. The van der Waals surface area contributed by atoms with Gasteiger partial charge in [-0.3, -0.25) is 14.4 Å². The minimum absolute atomic E-state index is 0.0269. The molecule has 0 aromatic rings. The lowest BCUT2D eigenvalue weighted by Gasteiger charge is -2.08. The number of amides is 2. The van der Waals surface area contributed by atoms with Crippen LogP contribution in [-0.4, -0.2) is 89.8 Å². The van der Waals surface area contributed by atoms with E-state index in [1.807, 2.05) is 0 Å². The molecule has 41 heavy (non-hydrogen) atoms. The molecule has 10 nitrogen and oxygen atoms in total. The van der Waals surface area contributed by atoms with Gasteiger partial charge in [0.25, 0.3) is 0 Å². The number of nitrogens with one attached hydrogen (secondary N) is 2. The van der Waals surface area contributed by atoms with Crippen LogP contribution in [0.15, 0.2) is 0 Å². The molecule has 240 valence electrons. The number of carbonyl (C=O) groups is 4. The highest BCUT2D eigenvalue weighted by atomic mass is 16.5. The topological polar surface area (TPSA) is 129 Å². The highest BCUT2D eigenvalue weighted by Crippen LogP contribution is 2.13. The van der Waals surface area contributed by atoms with Gasteiger partial charge in [-0.2, -0.15) is 0 Å². The van der Waals surface area contributed by atoms with Gasteiger partial charge in [0.1, 0.15) is 19.5 Å². The fourth-order valence-corrected chi connectivity index (χ4v) is 4.12. The molecule has 0 aliphatic carbocycles. The lowest BCUT2D eigenvalue weighted by atomic mass is 10.0. The fourth-order valence-electron chi connectivity index (χ4n) is 4.12. The van der Waals surface area contributed by atoms with E-state index >= 15 is 0 Å². The molecule has 2 amide bonds. The number of Topliss-reactive ketones (excluding diaryl/α,β-unsaturated/α-hetero) is 1. The summed E-state index contributed by atoms with van der Waals surface area (Å²) in [5.41, 5.74) is 0. The van der Waals surface area contributed by atoms with Crippen LogP contribution in [0.3, 0.4) is 0 Å². The lowest BCUT2D eigenvalue weighted by molar-refractivity contribution is -0.127. The molecular weight excluding hydrogens is 528 g/mol. The molecule has 0 aliphatic heterocycles. The second-order valence-corrected chi connectivity index (χ2v) is 10.4. The summed E-state index contributed by atoms with van der Waals surface area (Å²) in [4.78, 5) is 44.6. The van der Waals surface area contributed by atoms with Crippen LogP contribution in [-0.2, 0) is 38.1 Å². The van der Waals surface area contributed by atoms with Crippen molar-refractivity contribution in [1.29, 1.82) is 0 Å². The van der Waals surface area contributed by atoms with Crippen molar-refractivity contribution in [2.75, 3.05) is 65.9 Å². The molecule has 0 fully saturated rings. The van der Waals surface area contributed by atoms with E-state index < -0.39 is 0 Å². The van der Waals surface area contributed by atoms with Gasteiger partial charge in [0.05, 0.1) is 39.6 Å². The number of ether oxygens (including phenoxy) is 4. The van der Waals surface area contributed by atoms with E-state index in [9.17, 15) is 19.2 Å². The molecule has 0 saturated carbocycles. The SMILES string of the molecule is CC(=O)COCCOCCNC(=O)COCCOCCNC(=O)CCCCCCCCCCCCCCCCC=O. The molecule has 0 unspecified atom stereocenters. The normalized spacial score (nSPS) is 11.0. The summed E-state index contributed by atoms with van der Waals surface area (Å²) in [6.45, 7) is 4.49. The zero-order valence-corrected chi connectivity index (χ0v) is 25.7. The van der Waals surface area contributed by atoms with E-state index in [2.05, 4.69) is 10.6 Å². The average Bonchev–Trinajstić information content (AvgIpc) is 2.95. The number of aldehydes is 1. The number of hydrogen-bond acceptors (Lipinski definition) is 8. The van der Waals surface area contributed by atoms with Crippen LogP contribution in [0, 0.1) is 0 Å². The second kappa shape index (κ2) is 32.6. The summed E-state index contributed by atoms with van der Waals surface area (Å²) in [5, 5.41) is 5.56. The van der Waals surface area contributed by atoms with Crippen molar-refractivity contribution in [1.82, 2.24) is 10.6 Å². The van der Waals surface area contributed by atoms with Crippen LogP contribution >= 0.6 is 0 Å². The van der Waals surface area contributed by atoms with Crippen molar-refractivity contribution >= 4 is 23.9 Å². The maximum atomic E-state index is 11.9. The smallest absolute Gasteiger partial charge is 0.246 e. The molecule has 0 rings (SSSR count). The molecule has 0 spiro atoms. The first-order valence-electron chi connectivity index (χ1n) is 15.8. The van der Waals surface area contributed by atoms with Gasteiger partial charge >= 0.3 is 0 Å². The minimum atomic E-state index is -0.227. The molecule has 0 saturated heterocycles. The zero-order valence-electron chi connectivity index (χ0n) is 25.7. The zero-order chi connectivity index (χ0) is 30.1. The molecule has 0 aromatic carbocycles. The average molecular weight is 587 g/mol. The molecule has 0 bridgehead atoms. The van der Waals surface area contributed by atoms with Gasteiger partial charge in [-0.1, -0.05) is 77.0 Å². The number of rotatable bonds is 33. The van der Waals surface area contributed by atoms with E-state index in [-0.39, 0.29) is 30.8 Å². The number of unbranched alkanes of at least 4 members (excludes halogenated alkanes) is 14. The van der Waals surface area contributed by atoms with Crippen molar-refractivity contribution in [3.8, 4) is 0 Å². The molecule has 0 radical (unpaired) electrons. The van der Waals surface area contributed by atoms with E-state index in [1.54, 1.807) is 0 Å². The highest BCUT2D eigenvalue weighted by molar-refractivity contribution is 5.77. The van der Waals surface area contributed by atoms with Gasteiger partial charge in [-0.15, -0.1) is 0 Å². The van der Waals surface area contributed by atoms with Crippen LogP contribution in [0.4, 0.5) is 0 Å². The van der Waals surface area contributed by atoms with Gasteiger partial charge < -0.3 is 34.4 Å². The predicted molar refractivity (Wildman–Crippen MR) is 160 cm³/mol. The van der Waals surface area contributed by atoms with Gasteiger partial charge in [0.2, 0.25) is 11.8 Å². The Morgan fingerprint density at radius 2 is 0.927 bits per heavy atom. The Balaban J connectivity index is 3.25. The summed E-state index contributed by atoms with van der Waals surface area (Å²) in [5.74, 6) is -0.186. The van der Waals surface area contributed by atoms with Gasteiger partial charge in [-0.05, 0) is 19.8 Å². The molecule has 0 aliphatic rings. The molecule has 10 heteroatoms. The first kappa shape index (κ1) is 39.1. The largest absolute Gasteiger partial charge is 0.377 e. The number of carbonyl (C=O) groups excluding carboxylic acids is 4. The van der Waals surface area contributed by atoms with Crippen LogP contribution < -0.4 is 10.6 Å². The van der Waals surface area contributed by atoms with Crippen LogP contribution in [0.5, 0.6) is 0 Å². The third-order valence-electron chi connectivity index (χ3n) is 6.40. The second-order valence-electron chi connectivity index (χ2n) is 10.4. The van der Waals surface area contributed by atoms with Gasteiger partial charge in [-0.25, -0.2) is 0 Å². The Morgan fingerprint density at radius 3 is 1.41 bits per heavy atom. The monoisotopic (exact) mass is 586 g/mol. The van der Waals surface area contributed by atoms with Crippen molar-refractivity contribution in [3.63, 3.8) is 0 Å². The quantitative estimate of drug-likeness (QED) is 0.0860. The third kappa shape index (κ3) is 34.2. The summed E-state index contributed by atoms with van der Waals surface area (Å²) >= 11 is 0. The van der Waals surface area contributed by atoms with Gasteiger partial charge in [0.15, 0.2) is 5.78 Å². The summed E-state index contributed by atoms with van der Waals surface area (Å²) < 4.78 is 21.1. The molecule has 0 heterocycles. The Morgan fingerprint density at radius 1 is 0.512 bits per heavy atom. The van der Waals surface area contributed by atoms with E-state index in [0.717, 1.165) is 32.0 Å². The Labute approximate surface area is 248 Å². The van der Waals surface area contributed by atoms with Crippen LogP contribution in [0.25, 0.3) is 0 Å². The first-order chi connectivity index (χ1) is 20.1. The molecule has 2 N–H and O–H groups in total. The van der Waals surface area contributed by atoms with Crippen molar-refractivity contribution < 1.29 is 38.1 Å². The highest BCUT2D eigenvalue weighted by Gasteiger charge is 2.03. The van der Waals surface area contributed by atoms with Crippen LogP contribution in [0.1, 0.15) is 110 Å². The summed E-state index contributed by atoms with van der Waals surface area (Å²) in [6.07, 6.45) is 19.5. The molecule has 0 aromatic heterocycles. The lowest BCUT2D eigenvalue weighted by Crippen LogP contribution is -2.31. The van der Waals surface area contributed by atoms with Crippen molar-refractivity contribution in [2.45, 2.75) is 110 Å². The number of hydrogen-bond donors (Lipinski definition) is 2. The summed E-state index contributed by atoms with van der Waals surface area (Å²) in [6, 6.07) is 0. The maximum Gasteiger partial charge on any atom is 0.246 e. The van der Waals surface area contributed by atoms with E-state index in [1.165, 1.54) is 77.6 Å². The van der Waals surface area contributed by atoms with Crippen molar-refractivity contribution in [3.05, 3.63) is 0 Å². The summed E-state index contributed by atoms with van der Waals surface area (Å²) in [7, 11) is 0. The number of ketones is 1. The molecular formula is C31H58N2O8. The minimum Gasteiger partial charge on any atom is -0.377 e. The molecule has 0 atom stereocenters. The van der Waals surface area contributed by atoms with Crippen molar-refractivity contribution in [2.24, 2.45) is 0 Å². The van der Waals surface area contributed by atoms with E-state index in [0.29, 0.717) is 59.2 Å². The standard InChI is InChI=1S/C31H58N2O8/c1-29(35)27-40-25-23-39-22-19-33-31(37)28-41-26-24-38-21-18-32-30(36)17-15-13-11-9-7-5-3-2-4-6-8-10-12-14-16-20-34/h20H,2-19,21-28H2,1H3,(H,32,36)(H,33,37). The van der Waals surface area contributed by atoms with Gasteiger partial charge in [0, 0.05) is 25.9 Å². The third-order valence-corrected chi connectivity index (χ3v) is 6.40. The predicted octanol–water partition coefficient (Wildman–Crippen LogP) is 4.31. The Kier molecular flexibility index (Phi) is 31.1. The Bertz CT molecular complexity index is 633. The maximum absolute atomic E-state index is 11.9.